The molecule has 0 saturated carbocycles. The van der Waals surface area contributed by atoms with Gasteiger partial charge in [-0.25, -0.2) is 4.68 Å². The van der Waals surface area contributed by atoms with Crippen LogP contribution in [-0.4, -0.2) is 50.3 Å². The van der Waals surface area contributed by atoms with Gasteiger partial charge < -0.3 is 9.47 Å². The molecule has 1 aromatic heterocycles. The molecule has 9 heteroatoms. The molecule has 2 aromatic carbocycles. The molecule has 2 heterocycles. The highest BCUT2D eigenvalue weighted by molar-refractivity contribution is 7.71. The lowest BCUT2D eigenvalue weighted by Gasteiger charge is -2.35. The molecule has 3 aromatic rings. The Labute approximate surface area is 173 Å². The lowest BCUT2D eigenvalue weighted by Crippen LogP contribution is -2.47. The van der Waals surface area contributed by atoms with Gasteiger partial charge in [-0.2, -0.15) is 5.10 Å². The number of nitro groups is 1. The summed E-state index contributed by atoms with van der Waals surface area (Å²) in [5.41, 5.74) is 2.17. The van der Waals surface area contributed by atoms with Crippen LogP contribution in [0.4, 0.5) is 11.4 Å². The predicted molar refractivity (Wildman–Crippen MR) is 114 cm³/mol. The average Bonchev–Trinajstić information content (AvgIpc) is 3.03. The second-order valence-electron chi connectivity index (χ2n) is 7.05. The van der Waals surface area contributed by atoms with Crippen LogP contribution in [0.25, 0.3) is 11.4 Å². The maximum absolute atomic E-state index is 10.8. The van der Waals surface area contributed by atoms with Crippen molar-refractivity contribution in [2.75, 3.05) is 31.1 Å². The van der Waals surface area contributed by atoms with E-state index < -0.39 is 0 Å². The third-order valence-corrected chi connectivity index (χ3v) is 5.69. The van der Waals surface area contributed by atoms with Crippen molar-refractivity contribution in [3.63, 3.8) is 0 Å². The smallest absolute Gasteiger partial charge is 0.269 e. The number of hydrogen-bond donors (Lipinski definition) is 0. The van der Waals surface area contributed by atoms with E-state index in [1.807, 2.05) is 58.8 Å². The van der Waals surface area contributed by atoms with E-state index in [1.165, 1.54) is 0 Å². The molecule has 1 saturated heterocycles. The Morgan fingerprint density at radius 1 is 1.03 bits per heavy atom. The largest absolute Gasteiger partial charge is 0.369 e. The summed E-state index contributed by atoms with van der Waals surface area (Å²) >= 11 is 5.59. The lowest BCUT2D eigenvalue weighted by molar-refractivity contribution is -0.384. The van der Waals surface area contributed by atoms with E-state index >= 15 is 0 Å². The van der Waals surface area contributed by atoms with Crippen LogP contribution >= 0.6 is 12.2 Å². The van der Waals surface area contributed by atoms with Gasteiger partial charge in [0.25, 0.3) is 5.69 Å². The molecule has 0 bridgehead atoms. The summed E-state index contributed by atoms with van der Waals surface area (Å²) in [5, 5.41) is 15.5. The molecule has 0 aliphatic carbocycles. The van der Waals surface area contributed by atoms with Crippen LogP contribution in [0.15, 0.2) is 54.6 Å². The first-order valence-electron chi connectivity index (χ1n) is 9.44. The van der Waals surface area contributed by atoms with Gasteiger partial charge in [0.1, 0.15) is 0 Å². The first kappa shape index (κ1) is 19.3. The van der Waals surface area contributed by atoms with E-state index in [0.717, 1.165) is 43.3 Å². The fourth-order valence-corrected chi connectivity index (χ4v) is 3.73. The van der Waals surface area contributed by atoms with Gasteiger partial charge in [0.2, 0.25) is 0 Å². The highest BCUT2D eigenvalue weighted by Gasteiger charge is 2.19. The Morgan fingerprint density at radius 2 is 1.69 bits per heavy atom. The van der Waals surface area contributed by atoms with Crippen LogP contribution in [0, 0.1) is 14.9 Å². The van der Waals surface area contributed by atoms with E-state index in [2.05, 4.69) is 9.80 Å². The van der Waals surface area contributed by atoms with Crippen molar-refractivity contribution < 1.29 is 4.92 Å². The van der Waals surface area contributed by atoms with Gasteiger partial charge in [0.05, 0.1) is 11.6 Å². The Morgan fingerprint density at radius 3 is 2.31 bits per heavy atom. The second kappa shape index (κ2) is 8.14. The van der Waals surface area contributed by atoms with Gasteiger partial charge in [-0.15, -0.1) is 0 Å². The molecule has 0 unspecified atom stereocenters. The van der Waals surface area contributed by atoms with Crippen molar-refractivity contribution in [1.29, 1.82) is 0 Å². The van der Waals surface area contributed by atoms with Crippen molar-refractivity contribution >= 4 is 23.6 Å². The first-order valence-corrected chi connectivity index (χ1v) is 9.85. The summed E-state index contributed by atoms with van der Waals surface area (Å²) < 4.78 is 4.51. The minimum absolute atomic E-state index is 0.117. The molecule has 1 aliphatic heterocycles. The quantitative estimate of drug-likeness (QED) is 0.365. The number of nitro benzene ring substituents is 1. The molecular formula is C20H22N6O2S. The third-order valence-electron chi connectivity index (χ3n) is 5.20. The molecule has 0 radical (unpaired) electrons. The third kappa shape index (κ3) is 4.06. The van der Waals surface area contributed by atoms with Crippen LogP contribution < -0.4 is 4.90 Å². The maximum atomic E-state index is 10.8. The zero-order chi connectivity index (χ0) is 20.4. The fraction of sp³-hybridized carbons (Fsp3) is 0.300. The van der Waals surface area contributed by atoms with E-state index in [-0.39, 0.29) is 10.6 Å². The SMILES string of the molecule is Cn1c(-c2ccccc2)nn(CN2CCN(c3ccc([N+](=O)[O-])cc3)CC2)c1=S. The summed E-state index contributed by atoms with van der Waals surface area (Å²) in [6.07, 6.45) is 0. The zero-order valence-electron chi connectivity index (χ0n) is 16.1. The number of aromatic nitrogens is 3. The van der Waals surface area contributed by atoms with Crippen LogP contribution in [-0.2, 0) is 13.7 Å². The highest BCUT2D eigenvalue weighted by atomic mass is 32.1. The van der Waals surface area contributed by atoms with Crippen LogP contribution in [0.5, 0.6) is 0 Å². The Balaban J connectivity index is 1.41. The van der Waals surface area contributed by atoms with Gasteiger partial charge in [-0.1, -0.05) is 30.3 Å². The minimum atomic E-state index is -0.373. The number of non-ortho nitro benzene ring substituents is 1. The molecule has 150 valence electrons. The number of rotatable bonds is 5. The monoisotopic (exact) mass is 410 g/mol. The van der Waals surface area contributed by atoms with Crippen molar-refractivity contribution in [1.82, 2.24) is 19.2 Å². The minimum Gasteiger partial charge on any atom is -0.369 e. The second-order valence-corrected chi connectivity index (χ2v) is 7.42. The molecule has 1 fully saturated rings. The zero-order valence-corrected chi connectivity index (χ0v) is 17.0. The van der Waals surface area contributed by atoms with Crippen LogP contribution in [0.1, 0.15) is 0 Å². The molecule has 29 heavy (non-hydrogen) atoms. The fourth-order valence-electron chi connectivity index (χ4n) is 3.54. The van der Waals surface area contributed by atoms with E-state index in [1.54, 1.807) is 12.1 Å². The van der Waals surface area contributed by atoms with Crippen LogP contribution in [0.3, 0.4) is 0 Å². The highest BCUT2D eigenvalue weighted by Crippen LogP contribution is 2.21. The number of piperazine rings is 1. The molecule has 0 spiro atoms. The summed E-state index contributed by atoms with van der Waals surface area (Å²) in [6, 6.07) is 16.8. The lowest BCUT2D eigenvalue weighted by atomic mass is 10.2. The average molecular weight is 411 g/mol. The van der Waals surface area contributed by atoms with Crippen molar-refractivity contribution in [2.45, 2.75) is 6.67 Å². The van der Waals surface area contributed by atoms with Crippen LogP contribution in [0.2, 0.25) is 0 Å². The summed E-state index contributed by atoms with van der Waals surface area (Å²) in [4.78, 5) is 15.0. The molecule has 8 nitrogen and oxygen atoms in total. The molecule has 0 N–H and O–H groups in total. The van der Waals surface area contributed by atoms with Crippen molar-refractivity contribution in [3.05, 3.63) is 69.5 Å². The van der Waals surface area contributed by atoms with Gasteiger partial charge in [-0.05, 0) is 24.4 Å². The standard InChI is InChI=1S/C20H22N6O2S/c1-22-19(16-5-3-2-4-6-16)21-25(20(22)29)15-23-11-13-24(14-12-23)17-7-9-18(10-8-17)26(27)28/h2-10H,11-15H2,1H3. The van der Waals surface area contributed by atoms with Gasteiger partial charge >= 0.3 is 0 Å². The number of nitrogens with zero attached hydrogens (tertiary/aromatic N) is 6. The van der Waals surface area contributed by atoms with Gasteiger partial charge in [-0.3, -0.25) is 15.0 Å². The number of benzene rings is 2. The van der Waals surface area contributed by atoms with Gasteiger partial charge in [0, 0.05) is 56.6 Å². The predicted octanol–water partition coefficient (Wildman–Crippen LogP) is 3.31. The molecule has 0 atom stereocenters. The Bertz CT molecular complexity index is 1050. The number of anilines is 1. The molecule has 4 rings (SSSR count). The van der Waals surface area contributed by atoms with Gasteiger partial charge in [0.15, 0.2) is 10.6 Å². The first-order chi connectivity index (χ1) is 14.0. The maximum Gasteiger partial charge on any atom is 0.269 e. The van der Waals surface area contributed by atoms with E-state index in [9.17, 15) is 10.1 Å². The van der Waals surface area contributed by atoms with Crippen molar-refractivity contribution in [3.8, 4) is 11.4 Å². The Kier molecular flexibility index (Phi) is 5.41. The summed E-state index contributed by atoms with van der Waals surface area (Å²) in [6.45, 7) is 4.09. The van der Waals surface area contributed by atoms with E-state index in [0.29, 0.717) is 11.4 Å². The molecule has 0 amide bonds. The summed E-state index contributed by atoms with van der Waals surface area (Å²) in [5.74, 6) is 0.861. The topological polar surface area (TPSA) is 72.4 Å². The summed E-state index contributed by atoms with van der Waals surface area (Å²) in [7, 11) is 1.95. The van der Waals surface area contributed by atoms with E-state index in [4.69, 9.17) is 17.3 Å². The Hall–Kier alpha value is -3.04. The normalized spacial score (nSPS) is 14.9. The molecular weight excluding hydrogens is 388 g/mol. The number of hydrogen-bond acceptors (Lipinski definition) is 6. The molecule has 1 aliphatic rings. The van der Waals surface area contributed by atoms with Crippen molar-refractivity contribution in [2.24, 2.45) is 7.05 Å².